The molecular weight excluding hydrogens is 538 g/mol. The van der Waals surface area contributed by atoms with Crippen LogP contribution in [0, 0.1) is 6.92 Å². The summed E-state index contributed by atoms with van der Waals surface area (Å²) in [6.07, 6.45) is -14.6. The lowest BCUT2D eigenvalue weighted by molar-refractivity contribution is -0.299. The largest absolute Gasteiger partial charge is 0.756 e. The number of phosphoric ester groups is 2. The second kappa shape index (κ2) is 10.8. The molecule has 2 aliphatic rings. The Labute approximate surface area is 201 Å². The Kier molecular flexibility index (Phi) is 8.77. The molecule has 0 bridgehead atoms. The van der Waals surface area contributed by atoms with E-state index in [0.29, 0.717) is 0 Å². The molecule has 2 saturated heterocycles. The molecule has 20 heteroatoms. The number of H-pyrrole nitrogens is 1. The molecule has 0 radical (unpaired) electrons. The van der Waals surface area contributed by atoms with Gasteiger partial charge in [0.1, 0.15) is 36.6 Å². The highest BCUT2D eigenvalue weighted by atomic mass is 31.3. The molecule has 6 N–H and O–H groups in total. The predicted molar refractivity (Wildman–Crippen MR) is 108 cm³/mol. The Bertz CT molecular complexity index is 1160. The van der Waals surface area contributed by atoms with E-state index >= 15 is 0 Å². The maximum atomic E-state index is 12.0. The third kappa shape index (κ3) is 6.38. The molecule has 36 heavy (non-hydrogen) atoms. The summed E-state index contributed by atoms with van der Waals surface area (Å²) in [5.41, 5.74) is -1.64. The van der Waals surface area contributed by atoms with E-state index in [2.05, 4.69) is 13.4 Å². The lowest BCUT2D eigenvalue weighted by atomic mass is 10.0. The van der Waals surface area contributed by atoms with Crippen LogP contribution in [0.1, 0.15) is 18.7 Å². The van der Waals surface area contributed by atoms with Gasteiger partial charge in [0, 0.05) is 11.8 Å². The van der Waals surface area contributed by atoms with Crippen LogP contribution in [0.5, 0.6) is 0 Å². The quantitative estimate of drug-likeness (QED) is 0.162. The first-order valence-electron chi connectivity index (χ1n) is 10.2. The number of aliphatic hydroxyl groups is 5. The Balaban J connectivity index is 1.63. The van der Waals surface area contributed by atoms with Gasteiger partial charge in [0.05, 0.1) is 12.7 Å². The van der Waals surface area contributed by atoms with Crippen LogP contribution >= 0.6 is 15.6 Å². The zero-order valence-electron chi connectivity index (χ0n) is 18.5. The highest BCUT2D eigenvalue weighted by molar-refractivity contribution is 7.59. The van der Waals surface area contributed by atoms with Gasteiger partial charge in [0.15, 0.2) is 12.5 Å². The molecule has 0 aliphatic carbocycles. The van der Waals surface area contributed by atoms with Gasteiger partial charge in [-0.2, -0.15) is 0 Å². The summed E-state index contributed by atoms with van der Waals surface area (Å²) in [6.45, 7) is 1.48. The highest BCUT2D eigenvalue weighted by Gasteiger charge is 2.46. The summed E-state index contributed by atoms with van der Waals surface area (Å²) >= 11 is 0. The van der Waals surface area contributed by atoms with Gasteiger partial charge in [0.2, 0.25) is 0 Å². The van der Waals surface area contributed by atoms with Crippen molar-refractivity contribution in [3.63, 3.8) is 0 Å². The minimum Gasteiger partial charge on any atom is -0.756 e. The molecule has 0 spiro atoms. The Hall–Kier alpha value is -1.34. The molecule has 2 fully saturated rings. The van der Waals surface area contributed by atoms with Crippen LogP contribution in [0.4, 0.5) is 0 Å². The summed E-state index contributed by atoms with van der Waals surface area (Å²) in [5, 5.41) is 49.4. The molecule has 11 atom stereocenters. The molecule has 2 aliphatic heterocycles. The van der Waals surface area contributed by atoms with Crippen molar-refractivity contribution in [3.8, 4) is 0 Å². The summed E-state index contributed by atoms with van der Waals surface area (Å²) < 4.78 is 47.5. The van der Waals surface area contributed by atoms with E-state index in [0.717, 1.165) is 10.8 Å². The fourth-order valence-corrected chi connectivity index (χ4v) is 5.51. The van der Waals surface area contributed by atoms with Crippen LogP contribution in [0.25, 0.3) is 0 Å². The molecule has 0 amide bonds. The first kappa shape index (κ1) is 29.2. The monoisotopic (exact) mass is 562 g/mol. The minimum atomic E-state index is -5.82. The fourth-order valence-electron chi connectivity index (χ4n) is 3.43. The van der Waals surface area contributed by atoms with Gasteiger partial charge in [-0.1, -0.05) is 0 Å². The van der Waals surface area contributed by atoms with Gasteiger partial charge in [0.25, 0.3) is 21.2 Å². The lowest BCUT2D eigenvalue weighted by Gasteiger charge is -2.41. The van der Waals surface area contributed by atoms with Crippen LogP contribution in [-0.4, -0.2) is 90.7 Å². The average molecular weight is 562 g/mol. The van der Waals surface area contributed by atoms with E-state index in [-0.39, 0.29) is 5.56 Å². The third-order valence-corrected chi connectivity index (χ3v) is 7.93. The molecule has 0 aromatic carbocycles. The molecule has 2 unspecified atom stereocenters. The molecule has 3 rings (SSSR count). The van der Waals surface area contributed by atoms with Gasteiger partial charge in [-0.3, -0.25) is 28.0 Å². The second-order valence-electron chi connectivity index (χ2n) is 8.08. The summed E-state index contributed by atoms with van der Waals surface area (Å²) in [4.78, 5) is 49.5. The number of rotatable bonds is 8. The average Bonchev–Trinajstić information content (AvgIpc) is 3.04. The van der Waals surface area contributed by atoms with Crippen molar-refractivity contribution in [2.45, 2.75) is 69.1 Å². The number of hydrogen-bond donors (Lipinski definition) is 6. The molecule has 0 saturated carbocycles. The van der Waals surface area contributed by atoms with Crippen molar-refractivity contribution < 1.29 is 67.3 Å². The number of nitrogens with zero attached hydrogens (tertiary/aromatic N) is 1. The molecule has 1 aromatic rings. The number of aromatic nitrogens is 2. The lowest BCUT2D eigenvalue weighted by Crippen LogP contribution is -2.57. The standard InChI is InChI=1S/C16H26N2O16P2/c1-5-3-18(16(25)17-13(5)24)14-11(22)9(20)7(32-14)4-30-35(26,27)34-36(28,29)33-15-12(23)10(21)8(19)6(2)31-15/h3,6-12,14-15,19-23H,4H2,1-2H3,(H,26,27)(H,28,29)(H,17,24,25)/p-2/t6-,7+,8-,9+,10+,11+,12+,14+,15+/m0/s1. The first-order valence-corrected chi connectivity index (χ1v) is 13.1. The normalized spacial score (nSPS) is 38.4. The SMILES string of the molecule is Cc1cn([C@@H]2O[C@H](COP(=O)([O-])OP(=O)([O-])O[C@H]3O[C@@H](C)[C@H](O)[C@@H](O)[C@H]3O)[C@@H](O)[C@H]2O)c(=O)[nH]c1=O. The van der Waals surface area contributed by atoms with E-state index < -0.39 is 88.7 Å². The number of ether oxygens (including phenoxy) is 2. The highest BCUT2D eigenvalue weighted by Crippen LogP contribution is 2.57. The van der Waals surface area contributed by atoms with E-state index in [4.69, 9.17) is 9.47 Å². The van der Waals surface area contributed by atoms with E-state index in [9.17, 15) is 54.0 Å². The van der Waals surface area contributed by atoms with Crippen molar-refractivity contribution in [1.82, 2.24) is 9.55 Å². The van der Waals surface area contributed by atoms with Crippen molar-refractivity contribution in [1.29, 1.82) is 0 Å². The van der Waals surface area contributed by atoms with Crippen LogP contribution in [0.3, 0.4) is 0 Å². The van der Waals surface area contributed by atoms with Gasteiger partial charge < -0.3 is 49.3 Å². The maximum Gasteiger partial charge on any atom is 0.330 e. The van der Waals surface area contributed by atoms with Crippen molar-refractivity contribution >= 4 is 15.6 Å². The van der Waals surface area contributed by atoms with Gasteiger partial charge >= 0.3 is 5.69 Å². The van der Waals surface area contributed by atoms with Crippen LogP contribution in [-0.2, 0) is 32.0 Å². The summed E-state index contributed by atoms with van der Waals surface area (Å²) in [6, 6.07) is 0. The topological polar surface area (TPSA) is 282 Å². The fraction of sp³-hybridized carbons (Fsp3) is 0.750. The smallest absolute Gasteiger partial charge is 0.330 e. The maximum absolute atomic E-state index is 12.0. The minimum absolute atomic E-state index is 0.0618. The number of nitrogens with one attached hydrogen (secondary N) is 1. The summed E-state index contributed by atoms with van der Waals surface area (Å²) in [5.74, 6) is 0. The number of aliphatic hydroxyl groups excluding tert-OH is 5. The van der Waals surface area contributed by atoms with Crippen LogP contribution in [0.2, 0.25) is 0 Å². The molecular formula is C16H24N2O16P2-2. The third-order valence-electron chi connectivity index (χ3n) is 5.40. The van der Waals surface area contributed by atoms with E-state index in [1.165, 1.54) is 13.8 Å². The number of aromatic amines is 1. The van der Waals surface area contributed by atoms with Crippen molar-refractivity contribution in [3.05, 3.63) is 32.6 Å². The van der Waals surface area contributed by atoms with Crippen LogP contribution in [0.15, 0.2) is 15.8 Å². The second-order valence-corrected chi connectivity index (χ2v) is 11.0. The van der Waals surface area contributed by atoms with E-state index in [1.54, 1.807) is 0 Å². The van der Waals surface area contributed by atoms with Gasteiger partial charge in [-0.15, -0.1) is 0 Å². The van der Waals surface area contributed by atoms with Gasteiger partial charge in [-0.25, -0.2) is 9.11 Å². The predicted octanol–water partition coefficient (Wildman–Crippen LogP) is -4.72. The Morgan fingerprint density at radius 2 is 1.64 bits per heavy atom. The first-order chi connectivity index (χ1) is 16.5. The van der Waals surface area contributed by atoms with E-state index in [1.807, 2.05) is 4.98 Å². The zero-order chi connectivity index (χ0) is 27.2. The van der Waals surface area contributed by atoms with Crippen molar-refractivity contribution in [2.75, 3.05) is 6.61 Å². The zero-order valence-corrected chi connectivity index (χ0v) is 20.3. The number of phosphoric acid groups is 2. The molecule has 18 nitrogen and oxygen atoms in total. The molecule has 3 heterocycles. The van der Waals surface area contributed by atoms with Crippen LogP contribution < -0.4 is 21.0 Å². The Morgan fingerprint density at radius 3 is 2.28 bits per heavy atom. The summed E-state index contributed by atoms with van der Waals surface area (Å²) in [7, 11) is -11.6. The van der Waals surface area contributed by atoms with Gasteiger partial charge in [-0.05, 0) is 13.8 Å². The molecule has 206 valence electrons. The Morgan fingerprint density at radius 1 is 1.00 bits per heavy atom. The van der Waals surface area contributed by atoms with Crippen molar-refractivity contribution in [2.24, 2.45) is 0 Å². The molecule has 1 aromatic heterocycles. The number of aryl methyl sites for hydroxylation is 1. The number of hydrogen-bond acceptors (Lipinski definition) is 16.